The molecule has 0 spiro atoms. The fraction of sp³-hybridized carbons (Fsp3) is 0.350. The summed E-state index contributed by atoms with van der Waals surface area (Å²) in [5.74, 6) is -2.49. The Kier molecular flexibility index (Phi) is 5.65. The molecule has 1 aromatic carbocycles. The lowest BCUT2D eigenvalue weighted by atomic mass is 9.82. The predicted molar refractivity (Wildman–Crippen MR) is 104 cm³/mol. The minimum atomic E-state index is -0.939. The number of nitrogens with one attached hydrogen (secondary N) is 1. The van der Waals surface area contributed by atoms with Gasteiger partial charge in [-0.3, -0.25) is 14.3 Å². The highest BCUT2D eigenvalue weighted by Gasteiger charge is 2.34. The van der Waals surface area contributed by atoms with Crippen LogP contribution in [0.5, 0.6) is 0 Å². The van der Waals surface area contributed by atoms with E-state index in [9.17, 15) is 14.7 Å². The maximum atomic E-state index is 12.7. The maximum Gasteiger partial charge on any atom is 0.307 e. The molecule has 27 heavy (non-hydrogen) atoms. The first-order valence-corrected chi connectivity index (χ1v) is 9.21. The zero-order chi connectivity index (χ0) is 19.6. The van der Waals surface area contributed by atoms with Gasteiger partial charge in [0.25, 0.3) is 0 Å². The summed E-state index contributed by atoms with van der Waals surface area (Å²) in [6.07, 6.45) is 4.50. The van der Waals surface area contributed by atoms with Crippen molar-refractivity contribution < 1.29 is 14.7 Å². The summed E-state index contributed by atoms with van der Waals surface area (Å²) in [5.41, 5.74) is 3.22. The van der Waals surface area contributed by atoms with Crippen LogP contribution in [0.1, 0.15) is 29.8 Å². The molecule has 0 fully saturated rings. The first kappa shape index (κ1) is 19.2. The third-order valence-corrected chi connectivity index (χ3v) is 5.21. The molecular formula is C20H22ClN3O3. The molecule has 142 valence electrons. The molecule has 1 amide bonds. The number of carbonyl (C=O) groups excluding carboxylic acids is 1. The smallest absolute Gasteiger partial charge is 0.307 e. The third kappa shape index (κ3) is 4.22. The van der Waals surface area contributed by atoms with E-state index in [0.29, 0.717) is 35.8 Å². The third-order valence-electron chi connectivity index (χ3n) is 4.96. The van der Waals surface area contributed by atoms with Crippen LogP contribution in [0.25, 0.3) is 0 Å². The van der Waals surface area contributed by atoms with Crippen LogP contribution in [0, 0.1) is 25.7 Å². The van der Waals surface area contributed by atoms with Gasteiger partial charge in [0.05, 0.1) is 35.5 Å². The number of anilines is 1. The Morgan fingerprint density at radius 1 is 1.19 bits per heavy atom. The van der Waals surface area contributed by atoms with Crippen LogP contribution in [0.4, 0.5) is 5.69 Å². The molecule has 0 saturated carbocycles. The average Bonchev–Trinajstić information content (AvgIpc) is 2.91. The van der Waals surface area contributed by atoms with Crippen molar-refractivity contribution in [3.63, 3.8) is 0 Å². The monoisotopic (exact) mass is 387 g/mol. The van der Waals surface area contributed by atoms with E-state index in [0.717, 1.165) is 11.3 Å². The number of allylic oxidation sites excluding steroid dienone is 2. The number of rotatable bonds is 5. The molecule has 3 rings (SSSR count). The number of carbonyl (C=O) groups is 2. The molecule has 0 aliphatic heterocycles. The van der Waals surface area contributed by atoms with Gasteiger partial charge in [-0.2, -0.15) is 5.10 Å². The van der Waals surface area contributed by atoms with Crippen LogP contribution < -0.4 is 5.32 Å². The summed E-state index contributed by atoms with van der Waals surface area (Å²) in [4.78, 5) is 24.2. The molecule has 0 unspecified atom stereocenters. The minimum Gasteiger partial charge on any atom is -0.481 e. The summed E-state index contributed by atoms with van der Waals surface area (Å²) in [6, 6.07) is 7.52. The molecule has 7 heteroatoms. The number of carboxylic acid groups (broad SMARTS) is 1. The summed E-state index contributed by atoms with van der Waals surface area (Å²) in [7, 11) is 0. The zero-order valence-electron chi connectivity index (χ0n) is 15.3. The Bertz CT molecular complexity index is 887. The van der Waals surface area contributed by atoms with Gasteiger partial charge in [-0.15, -0.1) is 0 Å². The quantitative estimate of drug-likeness (QED) is 0.764. The Morgan fingerprint density at radius 3 is 2.44 bits per heavy atom. The number of amides is 1. The lowest BCUT2D eigenvalue weighted by Gasteiger charge is -2.24. The number of aromatic nitrogens is 2. The SMILES string of the molecule is Cc1nn(Cc2ccc(Cl)cc2)c(C)c1NC(=O)[C@H]1CC=CC[C@H]1C(=O)O. The van der Waals surface area contributed by atoms with Gasteiger partial charge in [-0.1, -0.05) is 35.9 Å². The Hall–Kier alpha value is -2.60. The van der Waals surface area contributed by atoms with Crippen molar-refractivity contribution in [1.29, 1.82) is 0 Å². The molecule has 2 N–H and O–H groups in total. The molecular weight excluding hydrogens is 366 g/mol. The number of halogens is 1. The molecule has 0 radical (unpaired) electrons. The average molecular weight is 388 g/mol. The fourth-order valence-electron chi connectivity index (χ4n) is 3.39. The number of hydrogen-bond acceptors (Lipinski definition) is 3. The summed E-state index contributed by atoms with van der Waals surface area (Å²) >= 11 is 5.92. The second-order valence-electron chi connectivity index (χ2n) is 6.81. The van der Waals surface area contributed by atoms with Crippen molar-refractivity contribution >= 4 is 29.2 Å². The lowest BCUT2D eigenvalue weighted by molar-refractivity contribution is -0.146. The largest absolute Gasteiger partial charge is 0.481 e. The van der Waals surface area contributed by atoms with E-state index in [1.54, 1.807) is 0 Å². The van der Waals surface area contributed by atoms with E-state index in [2.05, 4.69) is 10.4 Å². The number of aliphatic carboxylic acids is 1. The number of carboxylic acids is 1. The molecule has 2 aromatic rings. The van der Waals surface area contributed by atoms with Gasteiger partial charge in [0.1, 0.15) is 0 Å². The topological polar surface area (TPSA) is 84.2 Å². The predicted octanol–water partition coefficient (Wildman–Crippen LogP) is 3.81. The van der Waals surface area contributed by atoms with Crippen molar-refractivity contribution in [3.05, 3.63) is 58.4 Å². The molecule has 1 aliphatic rings. The molecule has 1 aromatic heterocycles. The van der Waals surface area contributed by atoms with Crippen LogP contribution in [0.3, 0.4) is 0 Å². The van der Waals surface area contributed by atoms with Gasteiger partial charge in [-0.25, -0.2) is 0 Å². The summed E-state index contributed by atoms with van der Waals surface area (Å²) < 4.78 is 1.82. The second-order valence-corrected chi connectivity index (χ2v) is 7.25. The van der Waals surface area contributed by atoms with Crippen molar-refractivity contribution in [2.24, 2.45) is 11.8 Å². The molecule has 1 aliphatic carbocycles. The summed E-state index contributed by atoms with van der Waals surface area (Å²) in [5, 5.41) is 17.5. The molecule has 0 saturated heterocycles. The Labute approximate surface area is 162 Å². The Balaban J connectivity index is 1.78. The van der Waals surface area contributed by atoms with Gasteiger partial charge in [0, 0.05) is 5.02 Å². The van der Waals surface area contributed by atoms with E-state index in [1.165, 1.54) is 0 Å². The van der Waals surface area contributed by atoms with Crippen LogP contribution in [0.2, 0.25) is 5.02 Å². The normalized spacial score (nSPS) is 19.1. The first-order chi connectivity index (χ1) is 12.9. The number of nitrogens with zero attached hydrogens (tertiary/aromatic N) is 2. The Morgan fingerprint density at radius 2 is 1.81 bits per heavy atom. The van der Waals surface area contributed by atoms with Gasteiger partial charge in [0.15, 0.2) is 0 Å². The van der Waals surface area contributed by atoms with Crippen molar-refractivity contribution in [3.8, 4) is 0 Å². The van der Waals surface area contributed by atoms with Crippen molar-refractivity contribution in [2.45, 2.75) is 33.2 Å². The van der Waals surface area contributed by atoms with E-state index in [4.69, 9.17) is 11.6 Å². The summed E-state index contributed by atoms with van der Waals surface area (Å²) in [6.45, 7) is 4.28. The van der Waals surface area contributed by atoms with E-state index in [1.807, 2.05) is 54.9 Å². The van der Waals surface area contributed by atoms with Crippen LogP contribution >= 0.6 is 11.6 Å². The number of benzene rings is 1. The zero-order valence-corrected chi connectivity index (χ0v) is 16.0. The van der Waals surface area contributed by atoms with E-state index < -0.39 is 17.8 Å². The van der Waals surface area contributed by atoms with Gasteiger partial charge in [0.2, 0.25) is 5.91 Å². The van der Waals surface area contributed by atoms with Gasteiger partial charge < -0.3 is 10.4 Å². The second kappa shape index (κ2) is 7.96. The highest BCUT2D eigenvalue weighted by Crippen LogP contribution is 2.29. The molecule has 1 heterocycles. The lowest BCUT2D eigenvalue weighted by Crippen LogP contribution is -2.35. The highest BCUT2D eigenvalue weighted by atomic mass is 35.5. The highest BCUT2D eigenvalue weighted by molar-refractivity contribution is 6.30. The van der Waals surface area contributed by atoms with Gasteiger partial charge >= 0.3 is 5.97 Å². The first-order valence-electron chi connectivity index (χ1n) is 8.84. The maximum absolute atomic E-state index is 12.7. The number of aryl methyl sites for hydroxylation is 1. The molecule has 6 nitrogen and oxygen atoms in total. The standard InChI is InChI=1S/C20H22ClN3O3/c1-12-18(22-19(25)16-5-3-4-6-17(16)20(26)27)13(2)24(23-12)11-14-7-9-15(21)10-8-14/h3-4,7-10,16-17H,5-6,11H2,1-2H3,(H,22,25)(H,26,27)/t16-,17+/m0/s1. The van der Waals surface area contributed by atoms with Gasteiger partial charge in [-0.05, 0) is 44.4 Å². The van der Waals surface area contributed by atoms with Crippen LogP contribution in [-0.4, -0.2) is 26.8 Å². The van der Waals surface area contributed by atoms with Crippen LogP contribution in [0.15, 0.2) is 36.4 Å². The fourth-order valence-corrected chi connectivity index (χ4v) is 3.51. The molecule has 2 atom stereocenters. The van der Waals surface area contributed by atoms with E-state index in [-0.39, 0.29) is 5.91 Å². The molecule has 0 bridgehead atoms. The number of hydrogen-bond donors (Lipinski definition) is 2. The van der Waals surface area contributed by atoms with Crippen molar-refractivity contribution in [1.82, 2.24) is 9.78 Å². The van der Waals surface area contributed by atoms with Crippen LogP contribution in [-0.2, 0) is 16.1 Å². The van der Waals surface area contributed by atoms with Crippen molar-refractivity contribution in [2.75, 3.05) is 5.32 Å². The minimum absolute atomic E-state index is 0.274. The van der Waals surface area contributed by atoms with E-state index >= 15 is 0 Å².